The number of ketones is 1. The first-order valence-corrected chi connectivity index (χ1v) is 26.5. The number of unbranched alkanes of at least 4 members (excludes halogenated alkanes) is 5. The van der Waals surface area contributed by atoms with E-state index in [2.05, 4.69) is 30.6 Å². The Kier molecular flexibility index (Phi) is 16.3. The number of aromatic nitrogens is 4. The van der Waals surface area contributed by atoms with E-state index < -0.39 is 63.9 Å². The monoisotopic (exact) mass is 989 g/mol. The highest BCUT2D eigenvalue weighted by molar-refractivity contribution is 7.99. The van der Waals surface area contributed by atoms with Gasteiger partial charge < -0.3 is 42.3 Å². The van der Waals surface area contributed by atoms with Crippen LogP contribution < -0.4 is 27.0 Å². The van der Waals surface area contributed by atoms with Crippen LogP contribution in [0.3, 0.4) is 0 Å². The number of carbonyl (C=O) groups is 4. The normalized spacial score (nSPS) is 28.6. The molecule has 2 fully saturated rings. The number of fused-ring (bicyclic) bond motifs is 6. The zero-order valence-corrected chi connectivity index (χ0v) is 41.7. The summed E-state index contributed by atoms with van der Waals surface area (Å²) in [6, 6.07) is 5.88. The summed E-state index contributed by atoms with van der Waals surface area (Å²) in [4.78, 5) is 69.7. The maximum atomic E-state index is 17.5. The first-order valence-electron chi connectivity index (χ1n) is 24.2. The number of nitrogens with zero attached hydrogens (tertiary/aromatic N) is 5. The molecule has 374 valence electrons. The third-order valence-electron chi connectivity index (χ3n) is 15.5. The van der Waals surface area contributed by atoms with Gasteiger partial charge in [-0.25, -0.2) is 19.2 Å². The average Bonchev–Trinajstić information content (AvgIpc) is 3.51. The third kappa shape index (κ3) is 10.5. The summed E-state index contributed by atoms with van der Waals surface area (Å²) in [5.41, 5.74) is 8.90. The van der Waals surface area contributed by atoms with Crippen LogP contribution in [0.15, 0.2) is 54.3 Å². The number of hydrogen-bond acceptors (Lipinski definition) is 15. The molecule has 16 nitrogen and oxygen atoms in total. The number of carbonyl (C=O) groups excluding carboxylic acids is 3. The van der Waals surface area contributed by atoms with Crippen molar-refractivity contribution in [3.8, 4) is 0 Å². The Morgan fingerprint density at radius 1 is 0.971 bits per heavy atom. The van der Waals surface area contributed by atoms with Crippen LogP contribution in [0.1, 0.15) is 107 Å². The number of carboxylic acids is 1. The van der Waals surface area contributed by atoms with Gasteiger partial charge in [-0.05, 0) is 105 Å². The standard InChI is InChI=1S/C50H68FN9O7S2/c1-30-25-37-36-16-13-32-26-35(61)17-19-47(32,2)49(36,51)39(62)27-48(37,3)50(30,67)45(66)54-20-24-69-22-10-8-6-5-7-9-21-68-23-18-38(44(64)65)57-43(63)31-11-14-34(15-12-31)60(4)29-33-28-55-42-40(56-33)41(52)58-46(53)59-42/h11-15,17,19,28,30,36-39,62,67H,5-10,16,18,20-27,29H2,1-4H3,(H,54,66)(H,57,63)(H,64,65)(H4,52,53,55,58,59)/t30-,36?,37+,38+,39+,47+,48+,49+,50+/m1/s1. The smallest absolute Gasteiger partial charge is 0.326 e. The minimum Gasteiger partial charge on any atom is -0.480 e. The van der Waals surface area contributed by atoms with Crippen LogP contribution >= 0.6 is 23.5 Å². The molecular weight excluding hydrogens is 922 g/mol. The predicted octanol–water partition coefficient (Wildman–Crippen LogP) is 6.06. The Bertz CT molecular complexity index is 2450. The molecule has 2 heterocycles. The lowest BCUT2D eigenvalue weighted by Gasteiger charge is -2.61. The van der Waals surface area contributed by atoms with Crippen LogP contribution in [0.2, 0.25) is 0 Å². The topological polar surface area (TPSA) is 260 Å². The van der Waals surface area contributed by atoms with Crippen molar-refractivity contribution < 1.29 is 38.9 Å². The third-order valence-corrected chi connectivity index (χ3v) is 17.7. The van der Waals surface area contributed by atoms with Crippen molar-refractivity contribution in [1.82, 2.24) is 30.6 Å². The van der Waals surface area contributed by atoms with Gasteiger partial charge in [0.2, 0.25) is 5.95 Å². The van der Waals surface area contributed by atoms with Gasteiger partial charge in [-0.15, -0.1) is 0 Å². The number of anilines is 3. The molecular formula is C50H68FN9O7S2. The fourth-order valence-electron chi connectivity index (χ4n) is 11.6. The van der Waals surface area contributed by atoms with E-state index in [1.165, 1.54) is 6.08 Å². The number of hydrogen-bond donors (Lipinski definition) is 7. The molecule has 9 N–H and O–H groups in total. The maximum Gasteiger partial charge on any atom is 0.326 e. The van der Waals surface area contributed by atoms with E-state index in [0.717, 1.165) is 55.7 Å². The minimum absolute atomic E-state index is 0.0232. The van der Waals surface area contributed by atoms with Crippen molar-refractivity contribution in [2.75, 3.05) is 53.0 Å². The summed E-state index contributed by atoms with van der Waals surface area (Å²) < 4.78 is 17.5. The number of aliphatic hydroxyl groups excluding tert-OH is 1. The van der Waals surface area contributed by atoms with Crippen LogP contribution in [0.25, 0.3) is 11.2 Å². The number of nitrogens with one attached hydrogen (secondary N) is 2. The number of allylic oxidation sites excluding steroid dienone is 4. The van der Waals surface area contributed by atoms with Gasteiger partial charge in [-0.2, -0.15) is 33.5 Å². The quantitative estimate of drug-likeness (QED) is 0.0446. The van der Waals surface area contributed by atoms with Crippen LogP contribution in [0, 0.1) is 28.6 Å². The number of rotatable bonds is 22. The fraction of sp³-hybridized carbons (Fsp3) is 0.600. The number of nitrogens with two attached hydrogens (primary N) is 2. The number of aliphatic hydroxyl groups is 2. The summed E-state index contributed by atoms with van der Waals surface area (Å²) in [6.45, 7) is 6.28. The van der Waals surface area contributed by atoms with Crippen LogP contribution in [0.5, 0.6) is 0 Å². The summed E-state index contributed by atoms with van der Waals surface area (Å²) >= 11 is 3.46. The molecule has 0 radical (unpaired) electrons. The Labute approximate surface area is 411 Å². The number of thioether (sulfide) groups is 2. The van der Waals surface area contributed by atoms with E-state index in [1.807, 2.05) is 31.9 Å². The first kappa shape index (κ1) is 52.0. The molecule has 2 amide bonds. The Morgan fingerprint density at radius 3 is 2.35 bits per heavy atom. The highest BCUT2D eigenvalue weighted by Gasteiger charge is 2.75. The van der Waals surface area contributed by atoms with Crippen molar-refractivity contribution in [3.63, 3.8) is 0 Å². The van der Waals surface area contributed by atoms with Crippen molar-refractivity contribution in [3.05, 3.63) is 65.5 Å². The van der Waals surface area contributed by atoms with Gasteiger partial charge in [-0.1, -0.05) is 57.3 Å². The number of carboxylic acid groups (broad SMARTS) is 1. The lowest BCUT2D eigenvalue weighted by Crippen LogP contribution is -2.69. The molecule has 0 spiro atoms. The zero-order chi connectivity index (χ0) is 49.7. The minimum atomic E-state index is -2.00. The van der Waals surface area contributed by atoms with E-state index in [9.17, 15) is 34.5 Å². The van der Waals surface area contributed by atoms with Gasteiger partial charge >= 0.3 is 5.97 Å². The number of amides is 2. The Balaban J connectivity index is 0.730. The van der Waals surface area contributed by atoms with Crippen molar-refractivity contribution >= 4 is 75.7 Å². The lowest BCUT2D eigenvalue weighted by molar-refractivity contribution is -0.215. The zero-order valence-electron chi connectivity index (χ0n) is 40.1. The van der Waals surface area contributed by atoms with Crippen LogP contribution in [-0.4, -0.2) is 119 Å². The van der Waals surface area contributed by atoms with Gasteiger partial charge in [0.25, 0.3) is 11.8 Å². The molecule has 19 heteroatoms. The highest BCUT2D eigenvalue weighted by atomic mass is 32.2. The van der Waals surface area contributed by atoms with Gasteiger partial charge in [0.05, 0.1) is 24.5 Å². The SMILES string of the molecule is C[C@@H]1C[C@H]2C3CC=C4CC(=O)C=C[C@]4(C)[C@@]3(F)[C@@H](O)C[C@]2(C)[C@@]1(O)C(=O)NCCSCCCCCCCCSCC[C@H](NC(=O)c1ccc(N(C)Cc2cnc3nc(N)nc(N)c3n2)cc1)C(=O)O. The second-order valence-electron chi connectivity index (χ2n) is 19.8. The van der Waals surface area contributed by atoms with E-state index in [-0.39, 0.29) is 36.3 Å². The van der Waals surface area contributed by atoms with E-state index >= 15 is 4.39 Å². The average molecular weight is 990 g/mol. The summed E-state index contributed by atoms with van der Waals surface area (Å²) in [5, 5.41) is 39.3. The molecule has 0 saturated heterocycles. The fourth-order valence-corrected chi connectivity index (χ4v) is 13.5. The van der Waals surface area contributed by atoms with Gasteiger partial charge in [0.1, 0.15) is 6.04 Å². The molecule has 0 aliphatic heterocycles. The molecule has 4 aliphatic rings. The summed E-state index contributed by atoms with van der Waals surface area (Å²) in [7, 11) is 1.87. The molecule has 3 aromatic rings. The van der Waals surface area contributed by atoms with Crippen molar-refractivity contribution in [1.29, 1.82) is 0 Å². The molecule has 9 atom stereocenters. The van der Waals surface area contributed by atoms with Gasteiger partial charge in [-0.3, -0.25) is 14.4 Å². The second-order valence-corrected chi connectivity index (χ2v) is 22.3. The Hall–Kier alpha value is -4.85. The number of alkyl halides is 1. The summed E-state index contributed by atoms with van der Waals surface area (Å²) in [6.07, 6.45) is 13.0. The van der Waals surface area contributed by atoms with E-state index in [1.54, 1.807) is 67.0 Å². The van der Waals surface area contributed by atoms with Gasteiger partial charge in [0.15, 0.2) is 34.0 Å². The Morgan fingerprint density at radius 2 is 1.65 bits per heavy atom. The molecule has 0 bridgehead atoms. The van der Waals surface area contributed by atoms with Crippen molar-refractivity contribution in [2.45, 2.75) is 121 Å². The summed E-state index contributed by atoms with van der Waals surface area (Å²) in [5.74, 6) is -0.00399. The van der Waals surface area contributed by atoms with Crippen LogP contribution in [0.4, 0.5) is 21.8 Å². The van der Waals surface area contributed by atoms with E-state index in [0.29, 0.717) is 71.9 Å². The second kappa shape index (κ2) is 21.6. The number of aliphatic carboxylic acids is 1. The molecule has 7 rings (SSSR count). The number of halogens is 1. The van der Waals surface area contributed by atoms with Gasteiger partial charge in [0, 0.05) is 53.8 Å². The molecule has 69 heavy (non-hydrogen) atoms. The molecule has 2 saturated carbocycles. The molecule has 1 aromatic carbocycles. The first-order chi connectivity index (χ1) is 32.8. The maximum absolute atomic E-state index is 17.5. The molecule has 4 aliphatic carbocycles. The number of nitrogen functional groups attached to an aromatic ring is 2. The molecule has 2 aromatic heterocycles. The largest absolute Gasteiger partial charge is 0.480 e. The highest BCUT2D eigenvalue weighted by Crippen LogP contribution is 2.70. The van der Waals surface area contributed by atoms with Crippen molar-refractivity contribution in [2.24, 2.45) is 28.6 Å². The molecule has 1 unspecified atom stereocenters. The van der Waals surface area contributed by atoms with Crippen LogP contribution in [-0.2, 0) is 20.9 Å². The lowest BCUT2D eigenvalue weighted by atomic mass is 9.45. The predicted molar refractivity (Wildman–Crippen MR) is 269 cm³/mol. The number of benzene rings is 1. The van der Waals surface area contributed by atoms with E-state index in [4.69, 9.17) is 11.5 Å².